The van der Waals surface area contributed by atoms with Crippen LogP contribution >= 0.6 is 0 Å². The van der Waals surface area contributed by atoms with Crippen LogP contribution in [0.5, 0.6) is 0 Å². The lowest BCUT2D eigenvalue weighted by molar-refractivity contribution is 0.459. The van der Waals surface area contributed by atoms with Gasteiger partial charge in [0.05, 0.1) is 0 Å². The van der Waals surface area contributed by atoms with Crippen LogP contribution in [0.2, 0.25) is 0 Å². The van der Waals surface area contributed by atoms with Crippen molar-refractivity contribution in [1.82, 2.24) is 0 Å². The van der Waals surface area contributed by atoms with Crippen LogP contribution in [-0.4, -0.2) is 0 Å². The average molecular weight is 632 g/mol. The van der Waals surface area contributed by atoms with Crippen molar-refractivity contribution in [2.24, 2.45) is 5.92 Å². The molecule has 0 amide bonds. The van der Waals surface area contributed by atoms with Gasteiger partial charge in [-0.1, -0.05) is 284 Å². The molecule has 0 nitrogen and oxygen atoms in total. The van der Waals surface area contributed by atoms with Crippen LogP contribution in [-0.2, 0) is 0 Å². The first-order chi connectivity index (χ1) is 22.3. The van der Waals surface area contributed by atoms with E-state index in [9.17, 15) is 0 Å². The highest BCUT2D eigenvalue weighted by molar-refractivity contribution is 4.62. The molecule has 0 saturated heterocycles. The zero-order chi connectivity index (χ0) is 32.6. The molecule has 0 aliphatic heterocycles. The molecule has 0 N–H and O–H groups in total. The van der Waals surface area contributed by atoms with Gasteiger partial charge in [-0.2, -0.15) is 0 Å². The number of hydrogen-bond donors (Lipinski definition) is 0. The van der Waals surface area contributed by atoms with Crippen LogP contribution < -0.4 is 0 Å². The molecule has 0 bridgehead atoms. The summed E-state index contributed by atoms with van der Waals surface area (Å²) in [6.45, 7) is 9.09. The standard InChI is InChI=1S/C45H91/c1-4-6-8-10-12-14-16-18-20-21-22-23-24-25-26-27-28-30-32-34-36-38-40-42-44-45(3)43-41-39-37-35-33-31-29-19-17-15-13-11-9-7-5-2/h45H,3-44H2,1-2H3. The molecule has 271 valence electrons. The predicted octanol–water partition coefficient (Wildman–Crippen LogP) is 17.5. The lowest BCUT2D eigenvalue weighted by Crippen LogP contribution is -1.95. The molecule has 0 heterocycles. The van der Waals surface area contributed by atoms with Crippen LogP contribution in [0.4, 0.5) is 0 Å². The minimum Gasteiger partial charge on any atom is -0.0654 e. The fourth-order valence-corrected chi connectivity index (χ4v) is 7.34. The first-order valence-electron chi connectivity index (χ1n) is 22.1. The zero-order valence-electron chi connectivity index (χ0n) is 32.3. The van der Waals surface area contributed by atoms with Crippen LogP contribution in [0.3, 0.4) is 0 Å². The summed E-state index contributed by atoms with van der Waals surface area (Å²) in [5.41, 5.74) is 0. The lowest BCUT2D eigenvalue weighted by atomic mass is 9.95. The van der Waals surface area contributed by atoms with Crippen molar-refractivity contribution in [2.75, 3.05) is 0 Å². The maximum atomic E-state index is 4.47. The second-order valence-electron chi connectivity index (χ2n) is 15.5. The Morgan fingerprint density at radius 3 is 0.511 bits per heavy atom. The smallest absolute Gasteiger partial charge is 0.0414 e. The van der Waals surface area contributed by atoms with Crippen LogP contribution in [0.1, 0.15) is 277 Å². The highest BCUT2D eigenvalue weighted by Gasteiger charge is 2.03. The molecule has 1 atom stereocenters. The van der Waals surface area contributed by atoms with Gasteiger partial charge in [0.25, 0.3) is 0 Å². The third-order valence-electron chi connectivity index (χ3n) is 10.7. The summed E-state index contributed by atoms with van der Waals surface area (Å²) in [6, 6.07) is 0. The van der Waals surface area contributed by atoms with Gasteiger partial charge >= 0.3 is 0 Å². The van der Waals surface area contributed by atoms with E-state index in [0.717, 1.165) is 0 Å². The molecule has 0 aromatic rings. The molecule has 0 aliphatic carbocycles. The summed E-state index contributed by atoms with van der Waals surface area (Å²) in [6.07, 6.45) is 60.0. The Bertz CT molecular complexity index is 480. The van der Waals surface area contributed by atoms with Crippen LogP contribution in [0.25, 0.3) is 0 Å². The lowest BCUT2D eigenvalue weighted by Gasteiger charge is -2.11. The van der Waals surface area contributed by atoms with E-state index in [1.54, 1.807) is 0 Å². The van der Waals surface area contributed by atoms with Crippen molar-refractivity contribution in [3.8, 4) is 0 Å². The van der Waals surface area contributed by atoms with Crippen molar-refractivity contribution in [3.63, 3.8) is 0 Å². The highest BCUT2D eigenvalue weighted by Crippen LogP contribution is 2.20. The fraction of sp³-hybridized carbons (Fsp3) is 0.978. The van der Waals surface area contributed by atoms with Gasteiger partial charge in [-0.15, -0.1) is 0 Å². The molecular formula is C45H91. The van der Waals surface area contributed by atoms with Crippen LogP contribution in [0.15, 0.2) is 0 Å². The molecule has 1 radical (unpaired) electrons. The molecule has 0 fully saturated rings. The van der Waals surface area contributed by atoms with Crippen molar-refractivity contribution >= 4 is 0 Å². The van der Waals surface area contributed by atoms with Crippen molar-refractivity contribution in [3.05, 3.63) is 6.92 Å². The van der Waals surface area contributed by atoms with Gasteiger partial charge in [0.2, 0.25) is 0 Å². The van der Waals surface area contributed by atoms with Gasteiger partial charge in [0, 0.05) is 0 Å². The molecular weight excluding hydrogens is 540 g/mol. The van der Waals surface area contributed by atoms with Crippen LogP contribution in [0, 0.1) is 12.8 Å². The van der Waals surface area contributed by atoms with Crippen molar-refractivity contribution < 1.29 is 0 Å². The van der Waals surface area contributed by atoms with Gasteiger partial charge in [-0.05, 0) is 5.92 Å². The molecule has 0 rings (SSSR count). The quantitative estimate of drug-likeness (QED) is 0.0589. The van der Waals surface area contributed by atoms with Gasteiger partial charge in [0.15, 0.2) is 0 Å². The number of rotatable bonds is 41. The summed E-state index contributed by atoms with van der Waals surface area (Å²) in [7, 11) is 0. The van der Waals surface area contributed by atoms with E-state index in [4.69, 9.17) is 0 Å². The third-order valence-corrected chi connectivity index (χ3v) is 10.7. The monoisotopic (exact) mass is 632 g/mol. The predicted molar refractivity (Wildman–Crippen MR) is 209 cm³/mol. The minimum absolute atomic E-state index is 0.715. The molecule has 0 aliphatic rings. The maximum Gasteiger partial charge on any atom is -0.0414 e. The van der Waals surface area contributed by atoms with E-state index in [1.165, 1.54) is 263 Å². The Kier molecular flexibility index (Phi) is 42.0. The molecule has 0 spiro atoms. The van der Waals surface area contributed by atoms with E-state index >= 15 is 0 Å². The van der Waals surface area contributed by atoms with E-state index in [0.29, 0.717) is 5.92 Å². The zero-order valence-corrected chi connectivity index (χ0v) is 32.3. The van der Waals surface area contributed by atoms with E-state index < -0.39 is 0 Å². The van der Waals surface area contributed by atoms with Crippen molar-refractivity contribution in [1.29, 1.82) is 0 Å². The van der Waals surface area contributed by atoms with Gasteiger partial charge in [0.1, 0.15) is 0 Å². The summed E-state index contributed by atoms with van der Waals surface area (Å²) in [5, 5.41) is 0. The molecule has 0 heteroatoms. The Hall–Kier alpha value is 0. The third kappa shape index (κ3) is 42.0. The summed E-state index contributed by atoms with van der Waals surface area (Å²) in [4.78, 5) is 0. The minimum atomic E-state index is 0.715. The largest absolute Gasteiger partial charge is 0.0654 e. The Balaban J connectivity index is 3.13. The summed E-state index contributed by atoms with van der Waals surface area (Å²) < 4.78 is 0. The van der Waals surface area contributed by atoms with Gasteiger partial charge < -0.3 is 0 Å². The Morgan fingerprint density at radius 2 is 0.356 bits per heavy atom. The van der Waals surface area contributed by atoms with Gasteiger partial charge in [-0.25, -0.2) is 0 Å². The Morgan fingerprint density at radius 1 is 0.222 bits per heavy atom. The fourth-order valence-electron chi connectivity index (χ4n) is 7.34. The Labute approximate surface area is 289 Å². The first kappa shape index (κ1) is 45.0. The van der Waals surface area contributed by atoms with E-state index in [2.05, 4.69) is 20.8 Å². The maximum absolute atomic E-state index is 4.47. The second kappa shape index (κ2) is 42.0. The first-order valence-corrected chi connectivity index (χ1v) is 22.1. The van der Waals surface area contributed by atoms with Gasteiger partial charge in [-0.3, -0.25) is 0 Å². The molecule has 0 aromatic carbocycles. The SMILES string of the molecule is [CH2]C(CCCCCCCCCCCCCCCCC)CCCCCCCCCCCCCCCCCCCCCCCCCC. The molecule has 0 aromatic heterocycles. The average Bonchev–Trinajstić information content (AvgIpc) is 3.05. The molecule has 45 heavy (non-hydrogen) atoms. The normalized spacial score (nSPS) is 12.3. The second-order valence-corrected chi connectivity index (χ2v) is 15.5. The number of unbranched alkanes of at least 4 members (excludes halogenated alkanes) is 37. The summed E-state index contributed by atoms with van der Waals surface area (Å²) in [5.74, 6) is 0.715. The highest BCUT2D eigenvalue weighted by atomic mass is 14.1. The van der Waals surface area contributed by atoms with Crippen molar-refractivity contribution in [2.45, 2.75) is 277 Å². The molecule has 1 unspecified atom stereocenters. The topological polar surface area (TPSA) is 0 Å². The molecule has 0 saturated carbocycles. The van der Waals surface area contributed by atoms with E-state index in [1.807, 2.05) is 0 Å². The van der Waals surface area contributed by atoms with E-state index in [-0.39, 0.29) is 0 Å². The number of hydrogen-bond acceptors (Lipinski definition) is 0. The summed E-state index contributed by atoms with van der Waals surface area (Å²) >= 11 is 0.